The molecule has 1 aliphatic carbocycles. The molecule has 1 radical (unpaired) electrons. The number of carboxylic acids is 1. The minimum atomic E-state index is -1.34. The first-order valence-electron chi connectivity index (χ1n) is 10.8. The second kappa shape index (κ2) is 15.3. The fourth-order valence-electron chi connectivity index (χ4n) is 2.98. The third-order valence-electron chi connectivity index (χ3n) is 4.68. The van der Waals surface area contributed by atoms with Gasteiger partial charge >= 0.3 is 5.97 Å². The van der Waals surface area contributed by atoms with Gasteiger partial charge in [-0.05, 0) is 42.1 Å². The summed E-state index contributed by atoms with van der Waals surface area (Å²) in [6, 6.07) is 19.5. The van der Waals surface area contributed by atoms with Gasteiger partial charge in [0.05, 0.1) is 0 Å². The minimum absolute atomic E-state index is 0. The van der Waals surface area contributed by atoms with Gasteiger partial charge in [0.1, 0.15) is 11.9 Å². The Bertz CT molecular complexity index is 1370. The average Bonchev–Trinajstić information content (AvgIpc) is 2.91. The predicted molar refractivity (Wildman–Crippen MR) is 129 cm³/mol. The molecule has 3 heterocycles. The molecule has 1 N–H and O–H groups in total. The summed E-state index contributed by atoms with van der Waals surface area (Å²) in [7, 11) is 0. The third kappa shape index (κ3) is 9.14. The van der Waals surface area contributed by atoms with Crippen molar-refractivity contribution in [2.45, 2.75) is 12.6 Å². The molecule has 0 amide bonds. The summed E-state index contributed by atoms with van der Waals surface area (Å²) in [4.78, 5) is 21.6. The first-order valence-corrected chi connectivity index (χ1v) is 10.8. The molecule has 1 aromatic carbocycles. The molecule has 1 atom stereocenters. The molecule has 0 fully saturated rings. The second-order valence-electron chi connectivity index (χ2n) is 7.31. The Labute approximate surface area is 230 Å². The van der Waals surface area contributed by atoms with Crippen LogP contribution in [0.2, 0.25) is 0 Å². The molecule has 0 spiro atoms. The average molecular weight is 698 g/mol. The molecule has 3 aromatic heterocycles. The van der Waals surface area contributed by atoms with Crippen molar-refractivity contribution in [3.8, 4) is 11.3 Å². The molecule has 0 saturated carbocycles. The van der Waals surface area contributed by atoms with E-state index in [4.69, 9.17) is 5.11 Å². The molecule has 4 aromatic rings. The number of hydrogen-bond acceptors (Lipinski definition) is 4. The zero-order valence-corrected chi connectivity index (χ0v) is 21.9. The number of nitrogens with zero attached hydrogens (tertiary/aromatic N) is 3. The number of allylic oxidation sites excluding steroid dienone is 4. The van der Waals surface area contributed by atoms with Gasteiger partial charge in [-0.3, -0.25) is 13.2 Å². The van der Waals surface area contributed by atoms with Crippen molar-refractivity contribution in [3.63, 3.8) is 0 Å². The normalized spacial score (nSPS) is 13.7. The third-order valence-corrected chi connectivity index (χ3v) is 4.68. The van der Waals surface area contributed by atoms with Gasteiger partial charge in [-0.1, -0.05) is 42.0 Å². The molecule has 0 bridgehead atoms. The molecule has 38 heavy (non-hydrogen) atoms. The Morgan fingerprint density at radius 3 is 1.97 bits per heavy atom. The maximum atomic E-state index is 13.4. The van der Waals surface area contributed by atoms with Crippen molar-refractivity contribution in [2.75, 3.05) is 0 Å². The van der Waals surface area contributed by atoms with Crippen molar-refractivity contribution in [2.24, 2.45) is 0 Å². The molecule has 0 aliphatic heterocycles. The Morgan fingerprint density at radius 1 is 0.895 bits per heavy atom. The van der Waals surface area contributed by atoms with E-state index in [0.29, 0.717) is 17.0 Å². The number of aromatic nitrogens is 3. The Kier molecular flexibility index (Phi) is 12.2. The molecular formula is C28H19F4IrN3O2-2. The van der Waals surface area contributed by atoms with Crippen LogP contribution in [-0.2, 0) is 20.1 Å². The van der Waals surface area contributed by atoms with E-state index in [9.17, 15) is 22.4 Å². The Hall–Kier alpha value is -4.01. The van der Waals surface area contributed by atoms with Gasteiger partial charge < -0.3 is 15.1 Å². The summed E-state index contributed by atoms with van der Waals surface area (Å²) in [6.07, 6.45) is 6.77. The van der Waals surface area contributed by atoms with Crippen LogP contribution < -0.4 is 0 Å². The van der Waals surface area contributed by atoms with E-state index in [2.05, 4.69) is 27.1 Å². The van der Waals surface area contributed by atoms with E-state index in [0.717, 1.165) is 12.1 Å². The van der Waals surface area contributed by atoms with E-state index >= 15 is 0 Å². The number of halogens is 4. The minimum Gasteiger partial charge on any atom is -0.477 e. The zero-order valence-electron chi connectivity index (χ0n) is 19.5. The zero-order chi connectivity index (χ0) is 26.6. The molecule has 0 saturated heterocycles. The van der Waals surface area contributed by atoms with Crippen molar-refractivity contribution in [1.82, 2.24) is 15.0 Å². The van der Waals surface area contributed by atoms with Crippen LogP contribution in [0.4, 0.5) is 17.6 Å². The number of aromatic carboxylic acids is 1. The maximum absolute atomic E-state index is 13.4. The first kappa shape index (κ1) is 30.2. The van der Waals surface area contributed by atoms with Gasteiger partial charge in [0.15, 0.2) is 0 Å². The summed E-state index contributed by atoms with van der Waals surface area (Å²) in [5.74, 6) is -2.75. The Balaban J connectivity index is 0.000000203. The first-order chi connectivity index (χ1) is 17.8. The van der Waals surface area contributed by atoms with E-state index in [1.54, 1.807) is 60.9 Å². The number of carboxylic acid groups (broad SMARTS) is 1. The summed E-state index contributed by atoms with van der Waals surface area (Å²) >= 11 is 0. The molecule has 1 unspecified atom stereocenters. The van der Waals surface area contributed by atoms with Crippen LogP contribution in [0.25, 0.3) is 16.8 Å². The van der Waals surface area contributed by atoms with Gasteiger partial charge in [-0.2, -0.15) is 6.08 Å². The van der Waals surface area contributed by atoms with Gasteiger partial charge in [0.2, 0.25) is 0 Å². The van der Waals surface area contributed by atoms with Crippen LogP contribution in [0, 0.1) is 23.8 Å². The summed E-state index contributed by atoms with van der Waals surface area (Å²) in [5, 5.41) is 8.32. The predicted octanol–water partition coefficient (Wildman–Crippen LogP) is 6.47. The number of hydrogen-bond donors (Lipinski definition) is 1. The molecule has 10 heteroatoms. The van der Waals surface area contributed by atoms with Gasteiger partial charge in [-0.15, -0.1) is 23.8 Å². The topological polar surface area (TPSA) is 76.0 Å². The van der Waals surface area contributed by atoms with Crippen LogP contribution in [0.1, 0.15) is 22.6 Å². The van der Waals surface area contributed by atoms with E-state index in [1.807, 2.05) is 0 Å². The van der Waals surface area contributed by atoms with Crippen LogP contribution >= 0.6 is 0 Å². The molecule has 5 rings (SSSR count). The number of pyridine rings is 3. The van der Waals surface area contributed by atoms with Gasteiger partial charge in [0.25, 0.3) is 0 Å². The second-order valence-corrected chi connectivity index (χ2v) is 7.31. The molecule has 197 valence electrons. The van der Waals surface area contributed by atoms with Gasteiger partial charge in [-0.25, -0.2) is 14.2 Å². The van der Waals surface area contributed by atoms with Crippen molar-refractivity contribution < 1.29 is 47.6 Å². The van der Waals surface area contributed by atoms with Crippen LogP contribution in [0.3, 0.4) is 0 Å². The smallest absolute Gasteiger partial charge is 0.354 e. The standard InChI is InChI=1S/C11H8F2N.C11H6F2N.C6H5NO2.Ir/c2*12-8-4-5-9(10(13)7-8)11-3-1-2-6-14-11;8-6(9)5-3-1-2-4-7-5;/h1-4,6,10H,7H2;1-4,6-7H;1-4H,(H,8,9);/q2*-1;;. The SMILES string of the molecule is FC1=C[C-]=C(c2ccccn2)C(F)C1.Fc1c[c-]c(-c2ccccn2)c(F)c1.O=C(O)c1ccccn1.[Ir]. The number of carbonyl (C=O) groups is 1. The monoisotopic (exact) mass is 698 g/mol. The van der Waals surface area contributed by atoms with Crippen molar-refractivity contribution in [3.05, 3.63) is 132 Å². The number of alkyl halides is 1. The van der Waals surface area contributed by atoms with E-state index < -0.39 is 29.6 Å². The van der Waals surface area contributed by atoms with Crippen LogP contribution in [0.5, 0.6) is 0 Å². The molecular weight excluding hydrogens is 679 g/mol. The van der Waals surface area contributed by atoms with E-state index in [1.165, 1.54) is 18.3 Å². The summed E-state index contributed by atoms with van der Waals surface area (Å²) in [6.45, 7) is 0. The van der Waals surface area contributed by atoms with Crippen molar-refractivity contribution in [1.29, 1.82) is 0 Å². The number of rotatable bonds is 3. The molecule has 1 aliphatic rings. The maximum Gasteiger partial charge on any atom is 0.354 e. The fraction of sp³-hybridized carbons (Fsp3) is 0.0714. The number of benzene rings is 1. The van der Waals surface area contributed by atoms with Crippen LogP contribution in [0.15, 0.2) is 97.2 Å². The Morgan fingerprint density at radius 2 is 1.50 bits per heavy atom. The van der Waals surface area contributed by atoms with Gasteiger partial charge in [0, 0.05) is 56.2 Å². The summed E-state index contributed by atoms with van der Waals surface area (Å²) in [5.41, 5.74) is 1.56. The van der Waals surface area contributed by atoms with Crippen molar-refractivity contribution >= 4 is 11.5 Å². The van der Waals surface area contributed by atoms with E-state index in [-0.39, 0.29) is 37.8 Å². The summed E-state index contributed by atoms with van der Waals surface area (Å²) < 4.78 is 51.8. The largest absolute Gasteiger partial charge is 0.477 e. The van der Waals surface area contributed by atoms with Crippen LogP contribution in [-0.4, -0.2) is 32.2 Å². The fourth-order valence-corrected chi connectivity index (χ4v) is 2.98. The molecule has 5 nitrogen and oxygen atoms in total. The quantitative estimate of drug-likeness (QED) is 0.196.